The average Bonchev–Trinajstić information content (AvgIpc) is 2.99. The first-order valence-corrected chi connectivity index (χ1v) is 11.8. The maximum Gasteiger partial charge on any atom is 0.413 e. The molecular formula is C18H26ClN3O4S2. The molecule has 1 aliphatic rings. The summed E-state index contributed by atoms with van der Waals surface area (Å²) in [7, 11) is -4.94. The van der Waals surface area contributed by atoms with Crippen LogP contribution in [0.15, 0.2) is 6.07 Å². The van der Waals surface area contributed by atoms with Gasteiger partial charge in [0.2, 0.25) is 3.95 Å². The molecule has 0 amide bonds. The smallest absolute Gasteiger partial charge is 0.222 e. The fourth-order valence-electron chi connectivity index (χ4n) is 3.58. The highest BCUT2D eigenvalue weighted by Crippen LogP contribution is 2.21. The molecule has 1 N–H and O–H groups in total. The zero-order chi connectivity index (χ0) is 20.7. The molecule has 28 heavy (non-hydrogen) atoms. The van der Waals surface area contributed by atoms with Crippen LogP contribution in [0.1, 0.15) is 67.5 Å². The lowest BCUT2D eigenvalue weighted by molar-refractivity contribution is -2.00. The Morgan fingerprint density at radius 3 is 1.75 bits per heavy atom. The molecule has 0 spiro atoms. The van der Waals surface area contributed by atoms with Gasteiger partial charge in [-0.1, -0.05) is 32.1 Å². The number of H-pyrrole nitrogens is 1. The molecule has 0 aliphatic heterocycles. The molecule has 0 unspecified atom stereocenters. The van der Waals surface area contributed by atoms with E-state index >= 15 is 0 Å². The van der Waals surface area contributed by atoms with Crippen molar-refractivity contribution in [1.82, 2.24) is 10.2 Å². The Labute approximate surface area is 176 Å². The molecule has 156 valence electrons. The predicted molar refractivity (Wildman–Crippen MR) is 98.0 cm³/mol. The summed E-state index contributed by atoms with van der Waals surface area (Å²) in [5.74, 6) is 0. The molecule has 0 saturated carbocycles. The van der Waals surface area contributed by atoms with Gasteiger partial charge in [-0.15, -0.1) is 10.2 Å². The van der Waals surface area contributed by atoms with Crippen LogP contribution in [0.4, 0.5) is 0 Å². The van der Waals surface area contributed by atoms with E-state index in [-0.39, 0.29) is 0 Å². The minimum atomic E-state index is -4.94. The summed E-state index contributed by atoms with van der Waals surface area (Å²) in [6.45, 7) is 4.45. The van der Waals surface area contributed by atoms with Crippen LogP contribution in [0, 0.1) is 28.0 Å². The van der Waals surface area contributed by atoms with Gasteiger partial charge in [0.25, 0.3) is 0 Å². The van der Waals surface area contributed by atoms with Crippen molar-refractivity contribution in [3.05, 3.63) is 32.5 Å². The zero-order valence-electron chi connectivity index (χ0n) is 16.2. The quantitative estimate of drug-likeness (QED) is 0.490. The van der Waals surface area contributed by atoms with Crippen molar-refractivity contribution in [2.45, 2.75) is 71.6 Å². The second-order valence-electron chi connectivity index (χ2n) is 6.95. The molecule has 0 aromatic carbocycles. The molecule has 2 aromatic rings. The molecule has 0 radical (unpaired) electrons. The molecule has 0 atom stereocenters. The predicted octanol–water partition coefficient (Wildman–Crippen LogP) is 0.168. The maximum absolute atomic E-state index is 8.49. The summed E-state index contributed by atoms with van der Waals surface area (Å²) in [4.78, 5) is 0. The Hall–Kier alpha value is -0.940. The monoisotopic (exact) mass is 447 g/mol. The van der Waals surface area contributed by atoms with Crippen LogP contribution in [0.3, 0.4) is 0 Å². The molecule has 2 bridgehead atoms. The first kappa shape index (κ1) is 23.3. The van der Waals surface area contributed by atoms with E-state index in [0.29, 0.717) is 0 Å². The lowest BCUT2D eigenvalue weighted by Crippen LogP contribution is -2.68. The number of aryl methyl sites for hydroxylation is 2. The Morgan fingerprint density at radius 2 is 1.36 bits per heavy atom. The van der Waals surface area contributed by atoms with Gasteiger partial charge in [0, 0.05) is 0 Å². The van der Waals surface area contributed by atoms with Crippen LogP contribution < -0.4 is 23.2 Å². The standard InChI is InChI=1S/C18H25N3S2.ClHO4/c1-13-15-10-8-6-4-3-5-7-9-11-16(12-15)14(2)21(13)17-19-20-18(22)23-17;2-1(3,4)5/h12H,3-11H2,1-2H3;(H,2,3,4,5). The third kappa shape index (κ3) is 7.47. The molecule has 7 nitrogen and oxygen atoms in total. The molecule has 3 rings (SSSR count). The van der Waals surface area contributed by atoms with Crippen molar-refractivity contribution in [3.8, 4) is 5.13 Å². The Kier molecular flexibility index (Phi) is 8.94. The molecule has 10 heteroatoms. The zero-order valence-corrected chi connectivity index (χ0v) is 18.6. The normalized spacial score (nSPS) is 15.8. The maximum atomic E-state index is 8.49. The molecular weight excluding hydrogens is 422 g/mol. The Balaban J connectivity index is 0.000000500. The third-order valence-corrected chi connectivity index (χ3v) is 6.03. The van der Waals surface area contributed by atoms with Crippen molar-refractivity contribution in [3.63, 3.8) is 0 Å². The lowest BCUT2D eigenvalue weighted by Gasteiger charge is -2.17. The van der Waals surface area contributed by atoms with Gasteiger partial charge in [-0.3, -0.25) is 0 Å². The van der Waals surface area contributed by atoms with E-state index in [9.17, 15) is 0 Å². The van der Waals surface area contributed by atoms with Crippen molar-refractivity contribution >= 4 is 23.6 Å². The fourth-order valence-corrected chi connectivity index (χ4v) is 4.57. The van der Waals surface area contributed by atoms with Gasteiger partial charge < -0.3 is 0 Å². The highest BCUT2D eigenvalue weighted by Gasteiger charge is 2.22. The van der Waals surface area contributed by atoms with Crippen LogP contribution in [-0.2, 0) is 12.8 Å². The van der Waals surface area contributed by atoms with Crippen LogP contribution in [0.25, 0.3) is 5.13 Å². The topological polar surface area (TPSA) is 125 Å². The first-order valence-electron chi connectivity index (χ1n) is 9.38. The van der Waals surface area contributed by atoms with Crippen molar-refractivity contribution < 1.29 is 33.4 Å². The van der Waals surface area contributed by atoms with Gasteiger partial charge in [-0.25, -0.2) is 18.6 Å². The summed E-state index contributed by atoms with van der Waals surface area (Å²) in [5, 5.41) is 8.33. The third-order valence-electron chi connectivity index (χ3n) is 4.96. The molecule has 2 aromatic heterocycles. The van der Waals surface area contributed by atoms with Gasteiger partial charge >= 0.3 is 5.13 Å². The number of rotatable bonds is 1. The second-order valence-corrected chi connectivity index (χ2v) is 9.35. The number of pyridine rings is 1. The number of hydrogen-bond acceptors (Lipinski definition) is 7. The number of hydrogen-bond donors (Lipinski definition) is 1. The van der Waals surface area contributed by atoms with Crippen LogP contribution >= 0.6 is 23.6 Å². The summed E-state index contributed by atoms with van der Waals surface area (Å²) < 4.78 is 37.0. The SMILES string of the molecule is Cc1c2cc(c(C)[n+]1-c1n[nH]c(=S)s1)CCCCCCCCC2.[O-][Cl+3]([O-])([O-])[O-]. The van der Waals surface area contributed by atoms with E-state index in [0.717, 1.165) is 9.09 Å². The number of halogens is 1. The van der Waals surface area contributed by atoms with Gasteiger partial charge in [0.1, 0.15) is 11.4 Å². The molecule has 2 heterocycles. The molecule has 1 aliphatic carbocycles. The van der Waals surface area contributed by atoms with Gasteiger partial charge in [0.05, 0.1) is 5.10 Å². The summed E-state index contributed by atoms with van der Waals surface area (Å²) in [6, 6.07) is 2.45. The minimum absolute atomic E-state index is 0.743. The van der Waals surface area contributed by atoms with E-state index in [1.165, 1.54) is 80.3 Å². The van der Waals surface area contributed by atoms with Crippen molar-refractivity contribution in [2.24, 2.45) is 0 Å². The van der Waals surface area contributed by atoms with Crippen molar-refractivity contribution in [2.75, 3.05) is 0 Å². The van der Waals surface area contributed by atoms with Crippen LogP contribution in [-0.4, -0.2) is 10.2 Å². The van der Waals surface area contributed by atoms with Gasteiger partial charge in [-0.05, 0) is 80.3 Å². The van der Waals surface area contributed by atoms with Gasteiger partial charge in [-0.2, -0.15) is 9.67 Å². The molecule has 0 fully saturated rings. The van der Waals surface area contributed by atoms with Crippen LogP contribution in [0.5, 0.6) is 0 Å². The summed E-state index contributed by atoms with van der Waals surface area (Å²) in [5.41, 5.74) is 5.60. The van der Waals surface area contributed by atoms with E-state index in [1.807, 2.05) is 0 Å². The summed E-state index contributed by atoms with van der Waals surface area (Å²) in [6.07, 6.45) is 11.8. The fraction of sp³-hybridized carbons (Fsp3) is 0.611. The number of nitrogens with zero attached hydrogens (tertiary/aromatic N) is 2. The van der Waals surface area contributed by atoms with E-state index in [1.54, 1.807) is 11.3 Å². The van der Waals surface area contributed by atoms with E-state index < -0.39 is 10.2 Å². The van der Waals surface area contributed by atoms with E-state index in [4.69, 9.17) is 30.9 Å². The highest BCUT2D eigenvalue weighted by molar-refractivity contribution is 7.73. The number of aromatic nitrogens is 3. The van der Waals surface area contributed by atoms with Crippen LogP contribution in [0.2, 0.25) is 0 Å². The summed E-state index contributed by atoms with van der Waals surface area (Å²) >= 11 is 6.80. The van der Waals surface area contributed by atoms with Gasteiger partial charge in [0.15, 0.2) is 0 Å². The average molecular weight is 448 g/mol. The number of nitrogens with one attached hydrogen (secondary N) is 1. The molecule has 0 saturated heterocycles. The second kappa shape index (κ2) is 10.7. The highest BCUT2D eigenvalue weighted by atomic mass is 35.7. The number of fused-ring (bicyclic) bond motifs is 2. The minimum Gasteiger partial charge on any atom is -0.222 e. The Morgan fingerprint density at radius 1 is 0.929 bits per heavy atom. The largest absolute Gasteiger partial charge is 0.413 e. The number of aromatic amines is 1. The van der Waals surface area contributed by atoms with E-state index in [2.05, 4.69) is 34.7 Å². The Bertz CT molecular complexity index is 793. The first-order chi connectivity index (χ1) is 13.2. The lowest BCUT2D eigenvalue weighted by atomic mass is 9.96. The van der Waals surface area contributed by atoms with Crippen molar-refractivity contribution in [1.29, 1.82) is 0 Å².